The molecule has 0 fully saturated rings. The van der Waals surface area contributed by atoms with Gasteiger partial charge in [-0.05, 0) is 12.1 Å². The van der Waals surface area contributed by atoms with Gasteiger partial charge in [0.15, 0.2) is 0 Å². The number of fused-ring (bicyclic) bond motifs is 1. The van der Waals surface area contributed by atoms with Crippen molar-refractivity contribution in [1.29, 1.82) is 0 Å². The molecule has 0 aliphatic carbocycles. The zero-order valence-corrected chi connectivity index (χ0v) is 9.29. The van der Waals surface area contributed by atoms with Crippen molar-refractivity contribution in [3.8, 4) is 5.75 Å². The lowest BCUT2D eigenvalue weighted by Crippen LogP contribution is -1.89. The van der Waals surface area contributed by atoms with Crippen molar-refractivity contribution in [2.75, 3.05) is 5.73 Å². The van der Waals surface area contributed by atoms with Crippen LogP contribution < -0.4 is 5.73 Å². The first-order chi connectivity index (χ1) is 7.77. The van der Waals surface area contributed by atoms with Crippen molar-refractivity contribution < 1.29 is 22.6 Å². The van der Waals surface area contributed by atoms with E-state index in [1.165, 1.54) is 6.07 Å². The summed E-state index contributed by atoms with van der Waals surface area (Å²) in [5.41, 5.74) is 6.87. The Morgan fingerprint density at radius 2 is 1.82 bits per heavy atom. The van der Waals surface area contributed by atoms with Crippen molar-refractivity contribution in [2.45, 2.75) is 0 Å². The summed E-state index contributed by atoms with van der Waals surface area (Å²) >= 11 is 0. The summed E-state index contributed by atoms with van der Waals surface area (Å²) in [5, 5.41) is 10.1. The Hall–Kier alpha value is -1.90. The molecule has 1 aromatic heterocycles. The maximum atomic E-state index is 9.20. The van der Waals surface area contributed by atoms with E-state index in [9.17, 15) is 5.11 Å². The van der Waals surface area contributed by atoms with Gasteiger partial charge >= 0.3 is 10.4 Å². The van der Waals surface area contributed by atoms with Crippen LogP contribution in [-0.2, 0) is 10.4 Å². The highest BCUT2D eigenvalue weighted by Gasteiger charge is 1.99. The number of hydrogen-bond acceptors (Lipinski definition) is 5. The predicted molar refractivity (Wildman–Crippen MR) is 62.0 cm³/mol. The van der Waals surface area contributed by atoms with Crippen LogP contribution >= 0.6 is 0 Å². The van der Waals surface area contributed by atoms with E-state index >= 15 is 0 Å². The Bertz CT molecular complexity index is 618. The quantitative estimate of drug-likeness (QED) is 0.407. The Morgan fingerprint density at radius 1 is 1.24 bits per heavy atom. The molecule has 0 bridgehead atoms. The van der Waals surface area contributed by atoms with Gasteiger partial charge in [-0.1, -0.05) is 6.07 Å². The molecule has 2 aromatic rings. The molecule has 0 aliphatic heterocycles. The second-order valence-corrected chi connectivity index (χ2v) is 3.95. The molecule has 8 heteroatoms. The normalized spacial score (nSPS) is 10.7. The number of pyridine rings is 1. The lowest BCUT2D eigenvalue weighted by atomic mass is 10.2. The van der Waals surface area contributed by atoms with Crippen molar-refractivity contribution in [2.24, 2.45) is 0 Å². The highest BCUT2D eigenvalue weighted by Crippen LogP contribution is 2.23. The third-order valence-electron chi connectivity index (χ3n) is 1.72. The van der Waals surface area contributed by atoms with Gasteiger partial charge in [0.2, 0.25) is 0 Å². The summed E-state index contributed by atoms with van der Waals surface area (Å²) in [7, 11) is -4.67. The number of aromatic hydroxyl groups is 1. The number of anilines is 1. The second kappa shape index (κ2) is 4.95. The summed E-state index contributed by atoms with van der Waals surface area (Å²) < 4.78 is 31.6. The van der Waals surface area contributed by atoms with Crippen LogP contribution in [0.5, 0.6) is 5.75 Å². The molecule has 0 spiro atoms. The predicted octanol–water partition coefficient (Wildman–Crippen LogP) is 0.870. The minimum atomic E-state index is -4.67. The van der Waals surface area contributed by atoms with E-state index in [1.807, 2.05) is 6.07 Å². The van der Waals surface area contributed by atoms with Gasteiger partial charge in [0, 0.05) is 17.6 Å². The van der Waals surface area contributed by atoms with Crippen molar-refractivity contribution in [3.05, 3.63) is 30.5 Å². The first-order valence-electron chi connectivity index (χ1n) is 4.30. The Kier molecular flexibility index (Phi) is 3.84. The molecule has 1 aromatic carbocycles. The SMILES string of the molecule is Nc1cc(O)cc2cccnc12.O=S(=O)(O)O. The Balaban J connectivity index is 0.000000249. The third-order valence-corrected chi connectivity index (χ3v) is 1.72. The highest BCUT2D eigenvalue weighted by atomic mass is 32.3. The van der Waals surface area contributed by atoms with E-state index < -0.39 is 10.4 Å². The fourth-order valence-corrected chi connectivity index (χ4v) is 1.20. The standard InChI is InChI=1S/C9H8N2O.H2O4S/c10-8-5-7(12)4-6-2-1-3-11-9(6)8;1-5(2,3)4/h1-5,12H,10H2;(H2,1,2,3,4). The lowest BCUT2D eigenvalue weighted by Gasteiger charge is -2.00. The lowest BCUT2D eigenvalue weighted by molar-refractivity contribution is 0.381. The molecule has 0 radical (unpaired) electrons. The molecule has 0 atom stereocenters. The van der Waals surface area contributed by atoms with Gasteiger partial charge in [-0.3, -0.25) is 14.1 Å². The van der Waals surface area contributed by atoms with Crippen LogP contribution in [-0.4, -0.2) is 27.6 Å². The Morgan fingerprint density at radius 3 is 2.41 bits per heavy atom. The van der Waals surface area contributed by atoms with E-state index in [-0.39, 0.29) is 5.75 Å². The highest BCUT2D eigenvalue weighted by molar-refractivity contribution is 7.79. The van der Waals surface area contributed by atoms with E-state index in [4.69, 9.17) is 23.3 Å². The maximum Gasteiger partial charge on any atom is 0.394 e. The molecule has 2 rings (SSSR count). The molecule has 1 heterocycles. The molecule has 92 valence electrons. The number of nitrogen functional groups attached to an aromatic ring is 1. The van der Waals surface area contributed by atoms with E-state index in [2.05, 4.69) is 4.98 Å². The number of phenols is 1. The largest absolute Gasteiger partial charge is 0.508 e. The fraction of sp³-hybridized carbons (Fsp3) is 0. The van der Waals surface area contributed by atoms with E-state index in [1.54, 1.807) is 18.3 Å². The molecule has 0 unspecified atom stereocenters. The summed E-state index contributed by atoms with van der Waals surface area (Å²) in [5.74, 6) is 0.174. The third kappa shape index (κ3) is 4.64. The monoisotopic (exact) mass is 258 g/mol. The zero-order chi connectivity index (χ0) is 13.1. The topological polar surface area (TPSA) is 134 Å². The van der Waals surface area contributed by atoms with Crippen molar-refractivity contribution in [1.82, 2.24) is 4.98 Å². The Labute approximate surface area is 97.1 Å². The fourth-order valence-electron chi connectivity index (χ4n) is 1.20. The average molecular weight is 258 g/mol. The maximum absolute atomic E-state index is 9.20. The number of benzene rings is 1. The first-order valence-corrected chi connectivity index (χ1v) is 5.70. The zero-order valence-electron chi connectivity index (χ0n) is 8.48. The molecular formula is C9H10N2O5S. The van der Waals surface area contributed by atoms with Gasteiger partial charge in [-0.25, -0.2) is 0 Å². The van der Waals surface area contributed by atoms with Gasteiger partial charge in [-0.2, -0.15) is 8.42 Å². The summed E-state index contributed by atoms with van der Waals surface area (Å²) in [4.78, 5) is 4.09. The number of phenolic OH excluding ortho intramolecular Hbond substituents is 1. The van der Waals surface area contributed by atoms with Crippen LogP contribution in [0, 0.1) is 0 Å². The minimum absolute atomic E-state index is 0.174. The van der Waals surface area contributed by atoms with E-state index in [0.29, 0.717) is 5.69 Å². The summed E-state index contributed by atoms with van der Waals surface area (Å²) in [6, 6.07) is 6.80. The average Bonchev–Trinajstić information content (AvgIpc) is 2.14. The molecule has 7 nitrogen and oxygen atoms in total. The van der Waals surface area contributed by atoms with Crippen molar-refractivity contribution in [3.63, 3.8) is 0 Å². The van der Waals surface area contributed by atoms with Crippen LogP contribution in [0.2, 0.25) is 0 Å². The molecule has 0 saturated heterocycles. The second-order valence-electron chi connectivity index (χ2n) is 3.06. The van der Waals surface area contributed by atoms with Gasteiger partial charge in [-0.15, -0.1) is 0 Å². The molecule has 17 heavy (non-hydrogen) atoms. The number of rotatable bonds is 0. The summed E-state index contributed by atoms with van der Waals surface area (Å²) in [6.45, 7) is 0. The van der Waals surface area contributed by atoms with Gasteiger partial charge in [0.1, 0.15) is 5.75 Å². The van der Waals surface area contributed by atoms with Crippen LogP contribution in [0.15, 0.2) is 30.5 Å². The number of nitrogens with two attached hydrogens (primary N) is 1. The van der Waals surface area contributed by atoms with Crippen LogP contribution in [0.3, 0.4) is 0 Å². The van der Waals surface area contributed by atoms with E-state index in [0.717, 1.165) is 10.9 Å². The molecule has 0 saturated carbocycles. The number of nitrogens with zero attached hydrogens (tertiary/aromatic N) is 1. The number of hydrogen-bond donors (Lipinski definition) is 4. The van der Waals surface area contributed by atoms with Gasteiger partial charge in [0.05, 0.1) is 11.2 Å². The van der Waals surface area contributed by atoms with Gasteiger partial charge in [0.25, 0.3) is 0 Å². The van der Waals surface area contributed by atoms with Crippen LogP contribution in [0.1, 0.15) is 0 Å². The smallest absolute Gasteiger partial charge is 0.394 e. The molecule has 5 N–H and O–H groups in total. The van der Waals surface area contributed by atoms with Crippen LogP contribution in [0.4, 0.5) is 5.69 Å². The van der Waals surface area contributed by atoms with Crippen molar-refractivity contribution >= 4 is 27.0 Å². The van der Waals surface area contributed by atoms with Crippen LogP contribution in [0.25, 0.3) is 10.9 Å². The summed E-state index contributed by atoms with van der Waals surface area (Å²) in [6.07, 6.45) is 1.68. The molecule has 0 aliphatic rings. The molecular weight excluding hydrogens is 248 g/mol. The molecule has 0 amide bonds. The minimum Gasteiger partial charge on any atom is -0.508 e. The van der Waals surface area contributed by atoms with Gasteiger partial charge < -0.3 is 10.8 Å². The number of aromatic nitrogens is 1. The first kappa shape index (κ1) is 13.2.